The second kappa shape index (κ2) is 14.1. The van der Waals surface area contributed by atoms with Gasteiger partial charge in [0, 0.05) is 17.1 Å². The molecule has 308 valence electrons. The number of hydrogen-bond acceptors (Lipinski definition) is 2. The maximum absolute atomic E-state index is 7.21. The van der Waals surface area contributed by atoms with Crippen LogP contribution in [0.5, 0.6) is 11.5 Å². The summed E-state index contributed by atoms with van der Waals surface area (Å²) >= 11 is 0. The minimum absolute atomic E-state index is 0.0221. The van der Waals surface area contributed by atoms with Crippen LogP contribution in [0.25, 0.3) is 33.0 Å². The summed E-state index contributed by atoms with van der Waals surface area (Å²) in [7, 11) is -2.80. The van der Waals surface area contributed by atoms with Crippen LogP contribution in [-0.4, -0.2) is 14.8 Å². The van der Waals surface area contributed by atoms with Crippen molar-refractivity contribution >= 4 is 79.8 Å². The molecule has 0 radical (unpaired) electrons. The number of nitrogens with zero attached hydrogens (tertiary/aromatic N) is 1. The van der Waals surface area contributed by atoms with Crippen molar-refractivity contribution in [2.24, 2.45) is 0 Å². The first-order valence-electron chi connectivity index (χ1n) is 22.8. The van der Waals surface area contributed by atoms with E-state index in [1.54, 1.807) is 0 Å². The average molecular weight is 840 g/mol. The Bertz CT molecular complexity index is 3290. The van der Waals surface area contributed by atoms with E-state index in [1.807, 2.05) is 0 Å². The molecular weight excluding hydrogens is 790 g/mol. The van der Waals surface area contributed by atoms with Gasteiger partial charge in [0.2, 0.25) is 0 Å². The van der Waals surface area contributed by atoms with Crippen LogP contribution in [-0.2, 0) is 10.8 Å². The van der Waals surface area contributed by atoms with Gasteiger partial charge in [-0.05, 0) is 135 Å². The van der Waals surface area contributed by atoms with Crippen LogP contribution >= 0.6 is 0 Å². The molecule has 0 spiro atoms. The van der Waals surface area contributed by atoms with E-state index < -0.39 is 8.07 Å². The summed E-state index contributed by atoms with van der Waals surface area (Å²) in [6.07, 6.45) is 0. The minimum Gasteiger partial charge on any atom is -0.458 e. The quantitative estimate of drug-likeness (QED) is 0.164. The molecule has 2 nitrogen and oxygen atoms in total. The van der Waals surface area contributed by atoms with Gasteiger partial charge in [-0.25, -0.2) is 0 Å². The van der Waals surface area contributed by atoms with Crippen molar-refractivity contribution < 1.29 is 4.74 Å². The monoisotopic (exact) mass is 839 g/mol. The summed E-state index contributed by atoms with van der Waals surface area (Å²) in [5.41, 5.74) is 14.9. The summed E-state index contributed by atoms with van der Waals surface area (Å²) in [4.78, 5) is 2.55. The van der Waals surface area contributed by atoms with Gasteiger partial charge in [0.15, 0.2) is 8.07 Å². The topological polar surface area (TPSA) is 12.5 Å². The first-order valence-corrected chi connectivity index (χ1v) is 24.8. The summed E-state index contributed by atoms with van der Waals surface area (Å²) in [5.74, 6) is 1.85. The molecule has 0 fully saturated rings. The lowest BCUT2D eigenvalue weighted by Crippen LogP contribution is -2.73. The highest BCUT2D eigenvalue weighted by atomic mass is 28.3. The van der Waals surface area contributed by atoms with Crippen LogP contribution in [0.15, 0.2) is 194 Å². The molecule has 0 bridgehead atoms. The number of fused-ring (bicyclic) bond motifs is 8. The van der Waals surface area contributed by atoms with Gasteiger partial charge in [0.05, 0.1) is 0 Å². The zero-order valence-electron chi connectivity index (χ0n) is 37.4. The van der Waals surface area contributed by atoms with Crippen molar-refractivity contribution in [3.8, 4) is 33.8 Å². The Kier molecular flexibility index (Phi) is 8.52. The molecule has 0 amide bonds. The summed E-state index contributed by atoms with van der Waals surface area (Å²) < 4.78 is 7.21. The SMILES string of the molecule is CC(C)(C)c1ccc(N2c3cc4c(cc3B3c5cc(C(C)(C)C)ccc5Oc5cc(-c6ccc7ccccc7c6)cc2c53)[Si](c2ccccc2)(c2ccccc2)c2ccccc2-4)cc1. The number of ether oxygens (including phenoxy) is 1. The highest BCUT2D eigenvalue weighted by Crippen LogP contribution is 2.45. The van der Waals surface area contributed by atoms with Crippen molar-refractivity contribution in [3.05, 3.63) is 205 Å². The predicted octanol–water partition coefficient (Wildman–Crippen LogP) is 10.9. The van der Waals surface area contributed by atoms with E-state index in [-0.39, 0.29) is 17.5 Å². The molecule has 0 aliphatic carbocycles. The van der Waals surface area contributed by atoms with E-state index in [9.17, 15) is 0 Å². The summed E-state index contributed by atoms with van der Waals surface area (Å²) in [5, 5.41) is 8.17. The van der Waals surface area contributed by atoms with E-state index >= 15 is 0 Å². The fourth-order valence-electron chi connectivity index (χ4n) is 11.1. The molecule has 0 unspecified atom stereocenters. The zero-order valence-corrected chi connectivity index (χ0v) is 38.4. The molecule has 64 heavy (non-hydrogen) atoms. The van der Waals surface area contributed by atoms with E-state index in [0.717, 1.165) is 28.4 Å². The molecular formula is C60H50BNOSi. The van der Waals surface area contributed by atoms with Gasteiger partial charge in [-0.3, -0.25) is 0 Å². The van der Waals surface area contributed by atoms with Gasteiger partial charge in [-0.2, -0.15) is 0 Å². The first kappa shape index (κ1) is 38.8. The second-order valence-electron chi connectivity index (χ2n) is 20.1. The Balaban J connectivity index is 1.20. The van der Waals surface area contributed by atoms with Crippen molar-refractivity contribution in [3.63, 3.8) is 0 Å². The lowest BCUT2D eigenvalue weighted by Gasteiger charge is -2.42. The van der Waals surface area contributed by atoms with Gasteiger partial charge < -0.3 is 9.64 Å². The molecule has 0 saturated heterocycles. The number of anilines is 3. The highest BCUT2D eigenvalue weighted by Gasteiger charge is 2.51. The van der Waals surface area contributed by atoms with Crippen LogP contribution in [0.4, 0.5) is 17.1 Å². The van der Waals surface area contributed by atoms with Gasteiger partial charge in [-0.15, -0.1) is 0 Å². The maximum Gasteiger partial charge on any atom is 0.256 e. The Labute approximate surface area is 378 Å². The first-order chi connectivity index (χ1) is 31.0. The second-order valence-corrected chi connectivity index (χ2v) is 23.9. The van der Waals surface area contributed by atoms with Crippen LogP contribution in [0.3, 0.4) is 0 Å². The Morgan fingerprint density at radius 1 is 0.438 bits per heavy atom. The third-order valence-electron chi connectivity index (χ3n) is 14.3. The Hall–Kier alpha value is -6.88. The van der Waals surface area contributed by atoms with E-state index in [0.29, 0.717) is 0 Å². The van der Waals surface area contributed by atoms with Crippen LogP contribution < -0.4 is 46.8 Å². The molecule has 9 aromatic rings. The molecule has 4 heteroatoms. The molecule has 3 heterocycles. The van der Waals surface area contributed by atoms with Crippen molar-refractivity contribution in [1.29, 1.82) is 0 Å². The van der Waals surface area contributed by atoms with E-state index in [4.69, 9.17) is 4.74 Å². The fraction of sp³-hybridized carbons (Fsp3) is 0.133. The lowest BCUT2D eigenvalue weighted by atomic mass is 9.34. The van der Waals surface area contributed by atoms with Crippen LogP contribution in [0.1, 0.15) is 52.7 Å². The van der Waals surface area contributed by atoms with Gasteiger partial charge >= 0.3 is 0 Å². The number of rotatable bonds is 4. The minimum atomic E-state index is -2.80. The lowest BCUT2D eigenvalue weighted by molar-refractivity contribution is 0.486. The van der Waals surface area contributed by atoms with Gasteiger partial charge in [0.25, 0.3) is 6.71 Å². The molecule has 3 aliphatic heterocycles. The molecule has 0 aromatic heterocycles. The van der Waals surface area contributed by atoms with Crippen LogP contribution in [0, 0.1) is 0 Å². The molecule has 0 N–H and O–H groups in total. The Morgan fingerprint density at radius 3 is 1.78 bits per heavy atom. The third kappa shape index (κ3) is 5.78. The summed E-state index contributed by atoms with van der Waals surface area (Å²) in [6, 6.07) is 73.8. The summed E-state index contributed by atoms with van der Waals surface area (Å²) in [6.45, 7) is 13.8. The normalized spacial score (nSPS) is 14.3. The van der Waals surface area contributed by atoms with Gasteiger partial charge in [-0.1, -0.05) is 193 Å². The predicted molar refractivity (Wildman–Crippen MR) is 275 cm³/mol. The van der Waals surface area contributed by atoms with Crippen LogP contribution in [0.2, 0.25) is 0 Å². The molecule has 0 atom stereocenters. The molecule has 9 aromatic carbocycles. The maximum atomic E-state index is 7.21. The Morgan fingerprint density at radius 2 is 1.08 bits per heavy atom. The standard InChI is InChI=1S/C60H50BNOSi/c1-59(2,3)43-27-30-45(31-28-43)62-52-37-49-48-23-15-16-24-56(48)64(46-19-9-7-10-20-46,47-21-11-8-12-22-47)57(49)38-50(52)61-51-36-44(60(4,5)6)29-32-54(51)63-55-35-42(34-53(62)58(55)61)41-26-25-39-17-13-14-18-40(39)33-41/h7-38H,1-6H3. The highest BCUT2D eigenvalue weighted by molar-refractivity contribution is 7.22. The van der Waals surface area contributed by atoms with E-state index in [2.05, 4.69) is 241 Å². The van der Waals surface area contributed by atoms with Crippen molar-refractivity contribution in [1.82, 2.24) is 0 Å². The molecule has 3 aliphatic rings. The largest absolute Gasteiger partial charge is 0.458 e. The van der Waals surface area contributed by atoms with Gasteiger partial charge in [0.1, 0.15) is 11.5 Å². The fourth-order valence-corrected chi connectivity index (χ4v) is 16.3. The third-order valence-corrected chi connectivity index (χ3v) is 19.2. The average Bonchev–Trinajstić information content (AvgIpc) is 3.60. The smallest absolute Gasteiger partial charge is 0.256 e. The number of hydrogen-bond donors (Lipinski definition) is 0. The zero-order chi connectivity index (χ0) is 43.5. The molecule has 12 rings (SSSR count). The van der Waals surface area contributed by atoms with Crippen molar-refractivity contribution in [2.45, 2.75) is 52.4 Å². The molecule has 0 saturated carbocycles. The van der Waals surface area contributed by atoms with Crippen molar-refractivity contribution in [2.75, 3.05) is 4.90 Å². The number of benzene rings is 9. The van der Waals surface area contributed by atoms with E-state index in [1.165, 1.54) is 81.4 Å².